The van der Waals surface area contributed by atoms with Crippen LogP contribution >= 0.6 is 23.2 Å². The normalized spacial score (nSPS) is 18.2. The molecule has 0 aliphatic carbocycles. The van der Waals surface area contributed by atoms with Crippen LogP contribution in [-0.2, 0) is 4.74 Å². The van der Waals surface area contributed by atoms with Crippen molar-refractivity contribution in [2.45, 2.75) is 18.9 Å². The molecule has 0 bridgehead atoms. The lowest BCUT2D eigenvalue weighted by atomic mass is 10.1. The Morgan fingerprint density at radius 1 is 1.29 bits per heavy atom. The lowest BCUT2D eigenvalue weighted by Crippen LogP contribution is -2.33. The van der Waals surface area contributed by atoms with Gasteiger partial charge in [0.15, 0.2) is 0 Å². The summed E-state index contributed by atoms with van der Waals surface area (Å²) in [7, 11) is 1.73. The van der Waals surface area contributed by atoms with Crippen molar-refractivity contribution in [3.8, 4) is 0 Å². The molecule has 1 heterocycles. The Morgan fingerprint density at radius 3 is 2.71 bits per heavy atom. The molecule has 0 saturated carbocycles. The average molecular weight is 275 g/mol. The minimum absolute atomic E-state index is 0.412. The Balaban J connectivity index is 2.00. The maximum absolute atomic E-state index is 6.00. The molecule has 3 nitrogen and oxygen atoms in total. The third-order valence-corrected chi connectivity index (χ3v) is 3.58. The number of halogens is 2. The molecule has 1 atom stereocenters. The molecule has 1 aromatic rings. The monoisotopic (exact) mass is 274 g/mol. The zero-order chi connectivity index (χ0) is 12.3. The average Bonchev–Trinajstić information content (AvgIpc) is 2.31. The van der Waals surface area contributed by atoms with Gasteiger partial charge in [-0.05, 0) is 25.0 Å². The van der Waals surface area contributed by atoms with E-state index in [0.29, 0.717) is 16.1 Å². The van der Waals surface area contributed by atoms with E-state index >= 15 is 0 Å². The summed E-state index contributed by atoms with van der Waals surface area (Å²) in [5, 5.41) is 7.99. The summed E-state index contributed by atoms with van der Waals surface area (Å²) in [5.41, 5.74) is 2.04. The summed E-state index contributed by atoms with van der Waals surface area (Å²) in [6.07, 6.45) is 2.12. The number of anilines is 2. The fourth-order valence-electron chi connectivity index (χ4n) is 1.96. The van der Waals surface area contributed by atoms with Crippen LogP contribution in [0.25, 0.3) is 0 Å². The number of ether oxygens (including phenoxy) is 1. The van der Waals surface area contributed by atoms with Crippen molar-refractivity contribution < 1.29 is 4.74 Å². The summed E-state index contributed by atoms with van der Waals surface area (Å²) in [4.78, 5) is 0. The van der Waals surface area contributed by atoms with Gasteiger partial charge >= 0.3 is 0 Å². The number of hydrogen-bond donors (Lipinski definition) is 2. The summed E-state index contributed by atoms with van der Waals surface area (Å²) < 4.78 is 5.05. The Kier molecular flexibility index (Phi) is 4.37. The molecule has 1 aromatic carbocycles. The van der Waals surface area contributed by atoms with Crippen molar-refractivity contribution in [2.24, 2.45) is 0 Å². The molecule has 94 valence electrons. The molecule has 0 saturated heterocycles. The van der Waals surface area contributed by atoms with Crippen LogP contribution in [0.15, 0.2) is 12.1 Å². The van der Waals surface area contributed by atoms with Gasteiger partial charge in [0.2, 0.25) is 0 Å². The molecule has 2 N–H and O–H groups in total. The second kappa shape index (κ2) is 5.80. The van der Waals surface area contributed by atoms with Gasteiger partial charge in [-0.15, -0.1) is 0 Å². The molecular formula is C12H16Cl2N2O. The van der Waals surface area contributed by atoms with Crippen LogP contribution in [0, 0.1) is 0 Å². The number of nitrogens with one attached hydrogen (secondary N) is 2. The highest BCUT2D eigenvalue weighted by Crippen LogP contribution is 2.35. The molecule has 17 heavy (non-hydrogen) atoms. The summed E-state index contributed by atoms with van der Waals surface area (Å²) in [5.74, 6) is 0. The maximum Gasteiger partial charge on any atom is 0.0614 e. The highest BCUT2D eigenvalue weighted by atomic mass is 35.5. The summed E-state index contributed by atoms with van der Waals surface area (Å²) in [6.45, 7) is 1.70. The molecule has 5 heteroatoms. The van der Waals surface area contributed by atoms with Gasteiger partial charge in [0.05, 0.1) is 21.4 Å². The SMILES string of the molecule is COCCCC1CNc2cc(Cl)c(Cl)cc2N1. The predicted octanol–water partition coefficient (Wildman–Crippen LogP) is 3.63. The Labute approximate surface area is 111 Å². The fourth-order valence-corrected chi connectivity index (χ4v) is 2.29. The van der Waals surface area contributed by atoms with Crippen LogP contribution in [-0.4, -0.2) is 26.3 Å². The van der Waals surface area contributed by atoms with E-state index in [4.69, 9.17) is 27.9 Å². The van der Waals surface area contributed by atoms with Crippen LogP contribution in [0.4, 0.5) is 11.4 Å². The first-order valence-corrected chi connectivity index (χ1v) is 6.44. The first-order chi connectivity index (χ1) is 8.20. The van der Waals surface area contributed by atoms with Crippen molar-refractivity contribution in [2.75, 3.05) is 30.9 Å². The van der Waals surface area contributed by atoms with E-state index in [0.717, 1.165) is 37.4 Å². The highest BCUT2D eigenvalue weighted by molar-refractivity contribution is 6.42. The van der Waals surface area contributed by atoms with Crippen molar-refractivity contribution in [1.29, 1.82) is 0 Å². The smallest absolute Gasteiger partial charge is 0.0614 e. The van der Waals surface area contributed by atoms with E-state index in [1.54, 1.807) is 7.11 Å². The molecule has 0 radical (unpaired) electrons. The van der Waals surface area contributed by atoms with E-state index in [1.165, 1.54) is 0 Å². The van der Waals surface area contributed by atoms with Crippen LogP contribution in [0.2, 0.25) is 10.0 Å². The number of methoxy groups -OCH3 is 1. The largest absolute Gasteiger partial charge is 0.385 e. The lowest BCUT2D eigenvalue weighted by Gasteiger charge is -2.28. The number of fused-ring (bicyclic) bond motifs is 1. The molecule has 0 fully saturated rings. The lowest BCUT2D eigenvalue weighted by molar-refractivity contribution is 0.191. The van der Waals surface area contributed by atoms with Crippen LogP contribution in [0.1, 0.15) is 12.8 Å². The molecule has 2 rings (SSSR count). The van der Waals surface area contributed by atoms with Gasteiger partial charge in [-0.25, -0.2) is 0 Å². The van der Waals surface area contributed by atoms with Crippen LogP contribution in [0.5, 0.6) is 0 Å². The molecular weight excluding hydrogens is 259 g/mol. The molecule has 1 aliphatic rings. The fraction of sp³-hybridized carbons (Fsp3) is 0.500. The van der Waals surface area contributed by atoms with E-state index in [2.05, 4.69) is 10.6 Å². The topological polar surface area (TPSA) is 33.3 Å². The Hall–Kier alpha value is -0.640. The molecule has 0 aromatic heterocycles. The zero-order valence-electron chi connectivity index (χ0n) is 9.72. The number of hydrogen-bond acceptors (Lipinski definition) is 3. The van der Waals surface area contributed by atoms with Gasteiger partial charge < -0.3 is 15.4 Å². The number of benzene rings is 1. The Bertz CT molecular complexity index is 398. The number of rotatable bonds is 4. The van der Waals surface area contributed by atoms with Crippen LogP contribution < -0.4 is 10.6 Å². The van der Waals surface area contributed by atoms with E-state index < -0.39 is 0 Å². The van der Waals surface area contributed by atoms with Gasteiger partial charge in [-0.1, -0.05) is 23.2 Å². The van der Waals surface area contributed by atoms with Crippen molar-refractivity contribution in [3.63, 3.8) is 0 Å². The van der Waals surface area contributed by atoms with Gasteiger partial charge in [-0.3, -0.25) is 0 Å². The predicted molar refractivity (Wildman–Crippen MR) is 73.5 cm³/mol. The van der Waals surface area contributed by atoms with Crippen molar-refractivity contribution >= 4 is 34.6 Å². The first kappa shape index (κ1) is 12.8. The highest BCUT2D eigenvalue weighted by Gasteiger charge is 2.18. The first-order valence-electron chi connectivity index (χ1n) is 5.69. The molecule has 1 unspecified atom stereocenters. The van der Waals surface area contributed by atoms with Crippen molar-refractivity contribution in [1.82, 2.24) is 0 Å². The minimum Gasteiger partial charge on any atom is -0.385 e. The molecule has 0 amide bonds. The summed E-state index contributed by atoms with van der Waals surface area (Å²) in [6, 6.07) is 4.14. The van der Waals surface area contributed by atoms with E-state index in [9.17, 15) is 0 Å². The summed E-state index contributed by atoms with van der Waals surface area (Å²) >= 11 is 12.0. The zero-order valence-corrected chi connectivity index (χ0v) is 11.2. The van der Waals surface area contributed by atoms with E-state index in [1.807, 2.05) is 12.1 Å². The van der Waals surface area contributed by atoms with Gasteiger partial charge in [0.25, 0.3) is 0 Å². The van der Waals surface area contributed by atoms with Crippen molar-refractivity contribution in [3.05, 3.63) is 22.2 Å². The quantitative estimate of drug-likeness (QED) is 0.823. The molecule has 0 spiro atoms. The Morgan fingerprint density at radius 2 is 2.00 bits per heavy atom. The van der Waals surface area contributed by atoms with E-state index in [-0.39, 0.29) is 0 Å². The minimum atomic E-state index is 0.412. The van der Waals surface area contributed by atoms with Gasteiger partial charge in [-0.2, -0.15) is 0 Å². The van der Waals surface area contributed by atoms with Crippen LogP contribution in [0.3, 0.4) is 0 Å². The third kappa shape index (κ3) is 3.18. The molecule has 1 aliphatic heterocycles. The maximum atomic E-state index is 6.00. The van der Waals surface area contributed by atoms with Gasteiger partial charge in [0, 0.05) is 26.3 Å². The second-order valence-corrected chi connectivity index (χ2v) is 4.98. The second-order valence-electron chi connectivity index (χ2n) is 4.17. The third-order valence-electron chi connectivity index (χ3n) is 2.86. The standard InChI is InChI=1S/C12H16Cl2N2O/c1-17-4-2-3-8-7-15-11-5-9(13)10(14)6-12(11)16-8/h5-6,8,15-16H,2-4,7H2,1H3. The van der Waals surface area contributed by atoms with Gasteiger partial charge in [0.1, 0.15) is 0 Å².